The van der Waals surface area contributed by atoms with Crippen LogP contribution in [0.25, 0.3) is 0 Å². The van der Waals surface area contributed by atoms with Crippen LogP contribution in [-0.2, 0) is 19.4 Å². The van der Waals surface area contributed by atoms with E-state index in [0.29, 0.717) is 10.6 Å². The normalized spacial score (nSPS) is 28.2. The lowest BCUT2D eigenvalue weighted by Crippen LogP contribution is -2.33. The van der Waals surface area contributed by atoms with Crippen LogP contribution in [0, 0.1) is 5.41 Å². The molecule has 3 atom stereocenters. The van der Waals surface area contributed by atoms with Crippen LogP contribution in [0.2, 0.25) is 5.02 Å². The van der Waals surface area contributed by atoms with Crippen molar-refractivity contribution in [3.05, 3.63) is 34.9 Å². The second-order valence-corrected chi connectivity index (χ2v) is 7.85. The van der Waals surface area contributed by atoms with Crippen LogP contribution in [0.1, 0.15) is 18.4 Å². The van der Waals surface area contributed by atoms with Crippen molar-refractivity contribution in [2.45, 2.75) is 18.1 Å². The molecule has 0 bridgehead atoms. The van der Waals surface area contributed by atoms with Crippen molar-refractivity contribution in [1.29, 1.82) is 0 Å². The van der Waals surface area contributed by atoms with Crippen molar-refractivity contribution < 1.29 is 17.9 Å². The molecular weight excluding hydrogens is 314 g/mol. The maximum Gasteiger partial charge on any atom is 0.315 e. The molecule has 0 aromatic heterocycles. The first kappa shape index (κ1) is 16.3. The molecule has 1 saturated carbocycles. The molecule has 0 spiro atoms. The molecule has 1 fully saturated rings. The van der Waals surface area contributed by atoms with Gasteiger partial charge in [0.15, 0.2) is 9.84 Å². The topological polar surface area (TPSA) is 86.5 Å². The Morgan fingerprint density at radius 3 is 2.62 bits per heavy atom. The number of nitrogens with two attached hydrogens (primary N) is 1. The molecule has 1 aliphatic rings. The van der Waals surface area contributed by atoms with Crippen LogP contribution in [-0.4, -0.2) is 39.0 Å². The van der Waals surface area contributed by atoms with E-state index in [1.807, 2.05) is 0 Å². The molecule has 0 aliphatic heterocycles. The Balaban J connectivity index is 2.50. The minimum atomic E-state index is -3.45. The first-order chi connectivity index (χ1) is 9.79. The van der Waals surface area contributed by atoms with E-state index in [9.17, 15) is 13.2 Å². The second-order valence-electron chi connectivity index (χ2n) is 5.25. The van der Waals surface area contributed by atoms with Crippen LogP contribution in [0.15, 0.2) is 24.3 Å². The first-order valence-electron chi connectivity index (χ1n) is 6.60. The third-order valence-electron chi connectivity index (χ3n) is 3.92. The standard InChI is InChI=1S/C14H18ClNO4S/c1-3-20-13(17)14(8-16)11(12(14)21(2,18)19)9-5-4-6-10(15)7-9/h4-7,11-12H,3,8,16H2,1-2H3/t11-,12-,14-/m1/s1. The van der Waals surface area contributed by atoms with Gasteiger partial charge < -0.3 is 10.5 Å². The summed E-state index contributed by atoms with van der Waals surface area (Å²) in [5.41, 5.74) is 5.23. The third kappa shape index (κ3) is 2.67. The molecular formula is C14H18ClNO4S. The summed E-state index contributed by atoms with van der Waals surface area (Å²) in [6, 6.07) is 6.84. The van der Waals surface area contributed by atoms with Gasteiger partial charge in [0.2, 0.25) is 0 Å². The largest absolute Gasteiger partial charge is 0.465 e. The van der Waals surface area contributed by atoms with E-state index in [2.05, 4.69) is 0 Å². The molecule has 1 aliphatic carbocycles. The second kappa shape index (κ2) is 5.59. The Bertz CT molecular complexity index is 661. The van der Waals surface area contributed by atoms with Gasteiger partial charge in [-0.3, -0.25) is 4.79 Å². The molecule has 5 nitrogen and oxygen atoms in total. The number of carbonyl (C=O) groups is 1. The fourth-order valence-corrected chi connectivity index (χ4v) is 5.16. The Hall–Kier alpha value is -1.11. The van der Waals surface area contributed by atoms with Crippen LogP contribution < -0.4 is 5.73 Å². The van der Waals surface area contributed by atoms with Gasteiger partial charge >= 0.3 is 5.97 Å². The SMILES string of the molecule is CCOC(=O)[C@]1(CN)[C@H](c2cccc(Cl)c2)[C@H]1S(C)(=O)=O. The Morgan fingerprint density at radius 1 is 1.48 bits per heavy atom. The van der Waals surface area contributed by atoms with Crippen LogP contribution in [0.4, 0.5) is 0 Å². The monoisotopic (exact) mass is 331 g/mol. The predicted molar refractivity (Wildman–Crippen MR) is 80.9 cm³/mol. The van der Waals surface area contributed by atoms with E-state index in [4.69, 9.17) is 22.1 Å². The summed E-state index contributed by atoms with van der Waals surface area (Å²) in [6.45, 7) is 1.77. The third-order valence-corrected chi connectivity index (χ3v) is 5.77. The van der Waals surface area contributed by atoms with E-state index in [1.165, 1.54) is 0 Å². The summed E-state index contributed by atoms with van der Waals surface area (Å²) in [5, 5.41) is -0.381. The van der Waals surface area contributed by atoms with Gasteiger partial charge in [-0.05, 0) is 24.6 Å². The number of benzene rings is 1. The Labute approximate surface area is 129 Å². The maximum atomic E-state index is 12.3. The smallest absolute Gasteiger partial charge is 0.315 e. The molecule has 0 heterocycles. The number of sulfone groups is 1. The van der Waals surface area contributed by atoms with Gasteiger partial charge in [-0.15, -0.1) is 0 Å². The van der Waals surface area contributed by atoms with Gasteiger partial charge in [-0.2, -0.15) is 0 Å². The summed E-state index contributed by atoms with van der Waals surface area (Å²) in [7, 11) is -3.45. The summed E-state index contributed by atoms with van der Waals surface area (Å²) in [4.78, 5) is 12.3. The molecule has 0 saturated heterocycles. The number of halogens is 1. The molecule has 0 unspecified atom stereocenters. The van der Waals surface area contributed by atoms with Gasteiger partial charge in [0.25, 0.3) is 0 Å². The van der Waals surface area contributed by atoms with Gasteiger partial charge in [0.05, 0.1) is 11.9 Å². The number of rotatable bonds is 5. The molecule has 1 aromatic rings. The molecule has 21 heavy (non-hydrogen) atoms. The van der Waals surface area contributed by atoms with Crippen molar-refractivity contribution in [2.24, 2.45) is 11.1 Å². The fraction of sp³-hybridized carbons (Fsp3) is 0.500. The van der Waals surface area contributed by atoms with E-state index < -0.39 is 32.4 Å². The summed E-state index contributed by atoms with van der Waals surface area (Å²) >= 11 is 5.96. The van der Waals surface area contributed by atoms with E-state index >= 15 is 0 Å². The lowest BCUT2D eigenvalue weighted by atomic mass is 9.99. The number of ether oxygens (including phenoxy) is 1. The minimum Gasteiger partial charge on any atom is -0.465 e. The average molecular weight is 332 g/mol. The summed E-state index contributed by atoms with van der Waals surface area (Å²) in [5.74, 6) is -1.08. The average Bonchev–Trinajstić information content (AvgIpc) is 3.09. The fourth-order valence-electron chi connectivity index (χ4n) is 3.04. The maximum absolute atomic E-state index is 12.3. The van der Waals surface area contributed by atoms with E-state index in [-0.39, 0.29) is 13.2 Å². The summed E-state index contributed by atoms with van der Waals surface area (Å²) in [6.07, 6.45) is 1.12. The number of hydrogen-bond donors (Lipinski definition) is 1. The van der Waals surface area contributed by atoms with Crippen molar-refractivity contribution >= 4 is 27.4 Å². The highest BCUT2D eigenvalue weighted by Gasteiger charge is 2.74. The zero-order valence-electron chi connectivity index (χ0n) is 11.9. The van der Waals surface area contributed by atoms with Crippen molar-refractivity contribution in [3.8, 4) is 0 Å². The molecule has 0 amide bonds. The highest BCUT2D eigenvalue weighted by molar-refractivity contribution is 7.91. The lowest BCUT2D eigenvalue weighted by Gasteiger charge is -2.14. The van der Waals surface area contributed by atoms with Crippen LogP contribution >= 0.6 is 11.6 Å². The zero-order chi connectivity index (χ0) is 15.8. The number of hydrogen-bond acceptors (Lipinski definition) is 5. The van der Waals surface area contributed by atoms with E-state index in [0.717, 1.165) is 6.26 Å². The van der Waals surface area contributed by atoms with Crippen LogP contribution in [0.3, 0.4) is 0 Å². The minimum absolute atomic E-state index is 0.0826. The van der Waals surface area contributed by atoms with Crippen molar-refractivity contribution in [2.75, 3.05) is 19.4 Å². The summed E-state index contributed by atoms with van der Waals surface area (Å²) < 4.78 is 29.1. The highest BCUT2D eigenvalue weighted by atomic mass is 35.5. The van der Waals surface area contributed by atoms with Crippen molar-refractivity contribution in [3.63, 3.8) is 0 Å². The van der Waals surface area contributed by atoms with Gasteiger partial charge in [-0.1, -0.05) is 23.7 Å². The molecule has 2 N–H and O–H groups in total. The first-order valence-corrected chi connectivity index (χ1v) is 8.94. The highest BCUT2D eigenvalue weighted by Crippen LogP contribution is 2.63. The van der Waals surface area contributed by atoms with Gasteiger partial charge in [-0.25, -0.2) is 8.42 Å². The molecule has 7 heteroatoms. The van der Waals surface area contributed by atoms with Gasteiger partial charge in [0.1, 0.15) is 5.41 Å². The predicted octanol–water partition coefficient (Wildman–Crippen LogP) is 1.36. The molecule has 116 valence electrons. The zero-order valence-corrected chi connectivity index (χ0v) is 13.4. The number of esters is 1. The van der Waals surface area contributed by atoms with Crippen molar-refractivity contribution in [1.82, 2.24) is 0 Å². The molecule has 2 rings (SSSR count). The lowest BCUT2D eigenvalue weighted by molar-refractivity contribution is -0.149. The molecule has 0 radical (unpaired) electrons. The van der Waals surface area contributed by atoms with Gasteiger partial charge in [0, 0.05) is 23.7 Å². The number of carbonyl (C=O) groups excluding carboxylic acids is 1. The Morgan fingerprint density at radius 2 is 2.14 bits per heavy atom. The quantitative estimate of drug-likeness (QED) is 0.823. The van der Waals surface area contributed by atoms with Crippen LogP contribution in [0.5, 0.6) is 0 Å². The van der Waals surface area contributed by atoms with E-state index in [1.54, 1.807) is 31.2 Å². The Kier molecular flexibility index (Phi) is 4.33. The molecule has 1 aromatic carbocycles.